The number of rotatable bonds is 1. The SMILES string of the molecule is S=c1[nH]n2c(-c3sc4ccccc4c3Cl)nnc2s1. The van der Waals surface area contributed by atoms with Gasteiger partial charge in [-0.2, -0.15) is 0 Å². The number of thiophene rings is 1. The summed E-state index contributed by atoms with van der Waals surface area (Å²) in [5.41, 5.74) is 0. The van der Waals surface area contributed by atoms with Crippen LogP contribution in [0, 0.1) is 3.95 Å². The fourth-order valence-corrected chi connectivity index (χ4v) is 4.35. The number of hydrogen-bond donors (Lipinski definition) is 1. The predicted octanol–water partition coefficient (Wildman–Crippen LogP) is 4.38. The van der Waals surface area contributed by atoms with E-state index in [-0.39, 0.29) is 0 Å². The quantitative estimate of drug-likeness (QED) is 0.528. The van der Waals surface area contributed by atoms with Crippen LogP contribution in [-0.2, 0) is 0 Å². The van der Waals surface area contributed by atoms with Crippen molar-refractivity contribution in [3.63, 3.8) is 0 Å². The van der Waals surface area contributed by atoms with Gasteiger partial charge in [0.05, 0.1) is 9.90 Å². The lowest BCUT2D eigenvalue weighted by molar-refractivity contribution is 0.962. The fourth-order valence-electron chi connectivity index (χ4n) is 1.94. The van der Waals surface area contributed by atoms with E-state index in [9.17, 15) is 0 Å². The summed E-state index contributed by atoms with van der Waals surface area (Å²) in [4.78, 5) is 1.65. The minimum atomic E-state index is 0.670. The van der Waals surface area contributed by atoms with E-state index in [4.69, 9.17) is 23.8 Å². The van der Waals surface area contributed by atoms with Crippen LogP contribution in [0.15, 0.2) is 24.3 Å². The molecule has 0 aliphatic carbocycles. The van der Waals surface area contributed by atoms with Crippen molar-refractivity contribution in [1.29, 1.82) is 0 Å². The van der Waals surface area contributed by atoms with Gasteiger partial charge in [0.15, 0.2) is 9.78 Å². The normalized spacial score (nSPS) is 11.6. The van der Waals surface area contributed by atoms with Gasteiger partial charge in [0, 0.05) is 10.1 Å². The van der Waals surface area contributed by atoms with Gasteiger partial charge < -0.3 is 0 Å². The molecule has 4 rings (SSSR count). The number of H-pyrrole nitrogens is 1. The molecule has 3 aromatic heterocycles. The van der Waals surface area contributed by atoms with Gasteiger partial charge in [0.2, 0.25) is 4.96 Å². The minimum absolute atomic E-state index is 0.670. The van der Waals surface area contributed by atoms with Crippen LogP contribution in [0.3, 0.4) is 0 Å². The first-order chi connectivity index (χ1) is 9.24. The fraction of sp³-hybridized carbons (Fsp3) is 0. The monoisotopic (exact) mass is 324 g/mol. The van der Waals surface area contributed by atoms with E-state index >= 15 is 0 Å². The maximum atomic E-state index is 6.45. The van der Waals surface area contributed by atoms with Gasteiger partial charge in [-0.25, -0.2) is 4.52 Å². The highest BCUT2D eigenvalue weighted by Gasteiger charge is 2.18. The summed E-state index contributed by atoms with van der Waals surface area (Å²) in [7, 11) is 0. The van der Waals surface area contributed by atoms with Gasteiger partial charge >= 0.3 is 0 Å². The highest BCUT2D eigenvalue weighted by molar-refractivity contribution is 7.73. The number of halogens is 1. The maximum Gasteiger partial charge on any atom is 0.234 e. The third-order valence-electron chi connectivity index (χ3n) is 2.76. The molecule has 1 aromatic carbocycles. The molecule has 0 unspecified atom stereocenters. The molecule has 1 N–H and O–H groups in total. The molecule has 0 amide bonds. The zero-order valence-electron chi connectivity index (χ0n) is 9.25. The molecular weight excluding hydrogens is 320 g/mol. The Morgan fingerprint density at radius 1 is 1.21 bits per heavy atom. The highest BCUT2D eigenvalue weighted by Crippen LogP contribution is 2.41. The van der Waals surface area contributed by atoms with Crippen molar-refractivity contribution in [2.45, 2.75) is 0 Å². The first-order valence-electron chi connectivity index (χ1n) is 5.35. The molecule has 94 valence electrons. The molecule has 8 heteroatoms. The Morgan fingerprint density at radius 3 is 2.89 bits per heavy atom. The zero-order valence-corrected chi connectivity index (χ0v) is 12.5. The van der Waals surface area contributed by atoms with Crippen LogP contribution >= 0.6 is 46.5 Å². The summed E-state index contributed by atoms with van der Waals surface area (Å²) in [6.07, 6.45) is 0. The lowest BCUT2D eigenvalue weighted by Crippen LogP contribution is -1.87. The lowest BCUT2D eigenvalue weighted by Gasteiger charge is -1.93. The Morgan fingerprint density at radius 2 is 2.05 bits per heavy atom. The summed E-state index contributed by atoms with van der Waals surface area (Å²) in [5, 5.41) is 13.1. The topological polar surface area (TPSA) is 46.0 Å². The molecule has 4 aromatic rings. The molecule has 0 aliphatic heterocycles. The van der Waals surface area contributed by atoms with Crippen LogP contribution in [0.1, 0.15) is 0 Å². The van der Waals surface area contributed by atoms with Crippen LogP contribution in [0.25, 0.3) is 25.7 Å². The molecule has 0 spiro atoms. The van der Waals surface area contributed by atoms with Gasteiger partial charge in [-0.05, 0) is 18.3 Å². The van der Waals surface area contributed by atoms with Crippen molar-refractivity contribution in [3.05, 3.63) is 33.2 Å². The van der Waals surface area contributed by atoms with E-state index in [0.29, 0.717) is 14.8 Å². The number of aromatic amines is 1. The predicted molar refractivity (Wildman–Crippen MR) is 81.9 cm³/mol. The second kappa shape index (κ2) is 4.11. The van der Waals surface area contributed by atoms with Crippen LogP contribution in [0.4, 0.5) is 0 Å². The third-order valence-corrected chi connectivity index (χ3v) is 5.49. The summed E-state index contributed by atoms with van der Waals surface area (Å²) >= 11 is 14.6. The Kier molecular flexibility index (Phi) is 2.49. The second-order valence-electron chi connectivity index (χ2n) is 3.88. The van der Waals surface area contributed by atoms with E-state index in [2.05, 4.69) is 15.3 Å². The van der Waals surface area contributed by atoms with Gasteiger partial charge in [0.25, 0.3) is 0 Å². The molecule has 19 heavy (non-hydrogen) atoms. The molecule has 0 saturated heterocycles. The van der Waals surface area contributed by atoms with E-state index < -0.39 is 0 Å². The average molecular weight is 325 g/mol. The number of aromatic nitrogens is 4. The molecular formula is C11H5ClN4S3. The zero-order chi connectivity index (χ0) is 13.0. The van der Waals surface area contributed by atoms with E-state index in [1.165, 1.54) is 11.3 Å². The number of nitrogens with zero attached hydrogens (tertiary/aromatic N) is 3. The number of fused-ring (bicyclic) bond motifs is 2. The summed E-state index contributed by atoms with van der Waals surface area (Å²) in [5.74, 6) is 0.702. The standard InChI is InChI=1S/C11H5ClN4S3/c12-7-5-3-1-2-4-6(5)18-8(7)9-13-14-10-16(9)15-11(17)19-10/h1-4H,(H,15,17). The molecule has 0 fully saturated rings. The molecule has 0 saturated carbocycles. The highest BCUT2D eigenvalue weighted by atomic mass is 35.5. The molecule has 0 bridgehead atoms. The lowest BCUT2D eigenvalue weighted by atomic mass is 10.2. The number of benzene rings is 1. The molecule has 0 radical (unpaired) electrons. The first kappa shape index (κ1) is 11.5. The number of nitrogens with one attached hydrogen (secondary N) is 1. The maximum absolute atomic E-state index is 6.45. The van der Waals surface area contributed by atoms with Gasteiger partial charge in [-0.1, -0.05) is 41.1 Å². The molecule has 4 nitrogen and oxygen atoms in total. The largest absolute Gasteiger partial charge is 0.271 e. The molecule has 0 aliphatic rings. The summed E-state index contributed by atoms with van der Waals surface area (Å²) in [6, 6.07) is 8.02. The van der Waals surface area contributed by atoms with E-state index in [0.717, 1.165) is 19.9 Å². The van der Waals surface area contributed by atoms with Crippen molar-refractivity contribution in [2.75, 3.05) is 0 Å². The molecule has 3 heterocycles. The van der Waals surface area contributed by atoms with Crippen molar-refractivity contribution < 1.29 is 0 Å². The first-order valence-corrected chi connectivity index (χ1v) is 7.77. The van der Waals surface area contributed by atoms with Gasteiger partial charge in [-0.15, -0.1) is 21.5 Å². The Balaban J connectivity index is 2.08. The van der Waals surface area contributed by atoms with Crippen molar-refractivity contribution in [1.82, 2.24) is 19.8 Å². The van der Waals surface area contributed by atoms with Crippen molar-refractivity contribution in [3.8, 4) is 10.7 Å². The molecule has 0 atom stereocenters. The van der Waals surface area contributed by atoms with Gasteiger partial charge in [-0.3, -0.25) is 5.10 Å². The summed E-state index contributed by atoms with van der Waals surface area (Å²) in [6.45, 7) is 0. The summed E-state index contributed by atoms with van der Waals surface area (Å²) < 4.78 is 3.58. The van der Waals surface area contributed by atoms with Crippen LogP contribution < -0.4 is 0 Å². The van der Waals surface area contributed by atoms with Crippen molar-refractivity contribution >= 4 is 61.5 Å². The average Bonchev–Trinajstić information content (AvgIpc) is 3.03. The second-order valence-corrected chi connectivity index (χ2v) is 6.96. The van der Waals surface area contributed by atoms with Crippen LogP contribution in [0.2, 0.25) is 5.02 Å². The Labute approximate surface area is 125 Å². The van der Waals surface area contributed by atoms with Crippen LogP contribution in [-0.4, -0.2) is 19.8 Å². The Hall–Kier alpha value is -1.28. The van der Waals surface area contributed by atoms with E-state index in [1.54, 1.807) is 15.9 Å². The minimum Gasteiger partial charge on any atom is -0.271 e. The Bertz CT molecular complexity index is 961. The number of hydrogen-bond acceptors (Lipinski definition) is 5. The van der Waals surface area contributed by atoms with Gasteiger partial charge in [0.1, 0.15) is 0 Å². The third kappa shape index (κ3) is 1.66. The van der Waals surface area contributed by atoms with Crippen molar-refractivity contribution in [2.24, 2.45) is 0 Å². The van der Waals surface area contributed by atoms with Crippen LogP contribution in [0.5, 0.6) is 0 Å². The smallest absolute Gasteiger partial charge is 0.234 e. The van der Waals surface area contributed by atoms with E-state index in [1.807, 2.05) is 24.3 Å².